The van der Waals surface area contributed by atoms with Gasteiger partial charge in [-0.25, -0.2) is 8.42 Å². The van der Waals surface area contributed by atoms with E-state index >= 15 is 0 Å². The summed E-state index contributed by atoms with van der Waals surface area (Å²) >= 11 is 0. The summed E-state index contributed by atoms with van der Waals surface area (Å²) in [6, 6.07) is 12.8. The Hall–Kier alpha value is -2.38. The maximum atomic E-state index is 13.0. The third-order valence-electron chi connectivity index (χ3n) is 5.10. The van der Waals surface area contributed by atoms with Crippen molar-refractivity contribution in [1.82, 2.24) is 9.21 Å². The number of piperazine rings is 1. The highest BCUT2D eigenvalue weighted by Crippen LogP contribution is 2.23. The van der Waals surface area contributed by atoms with Crippen LogP contribution in [0.1, 0.15) is 21.5 Å². The number of sulfonamides is 1. The summed E-state index contributed by atoms with van der Waals surface area (Å²) in [6.45, 7) is 5.14. The minimum Gasteiger partial charge on any atom is -0.378 e. The summed E-state index contributed by atoms with van der Waals surface area (Å²) in [5.41, 5.74) is 3.43. The standard InChI is InChI=1S/C21H27N3O3S/c1-16-5-10-20(17(2)15-16)28(26,27)24-13-11-23(12-14-24)21(25)18-6-8-19(9-7-18)22(3)4/h5-10,15H,11-14H2,1-4H3. The lowest BCUT2D eigenvalue weighted by Crippen LogP contribution is -2.50. The van der Waals surface area contributed by atoms with Gasteiger partial charge in [-0.2, -0.15) is 4.31 Å². The fraction of sp³-hybridized carbons (Fsp3) is 0.381. The van der Waals surface area contributed by atoms with E-state index < -0.39 is 10.0 Å². The maximum absolute atomic E-state index is 13.0. The predicted octanol–water partition coefficient (Wildman–Crippen LogP) is 2.52. The quantitative estimate of drug-likeness (QED) is 0.790. The summed E-state index contributed by atoms with van der Waals surface area (Å²) in [5, 5.41) is 0. The highest BCUT2D eigenvalue weighted by Gasteiger charge is 2.31. The normalized spacial score (nSPS) is 15.5. The highest BCUT2D eigenvalue weighted by molar-refractivity contribution is 7.89. The number of amides is 1. The van der Waals surface area contributed by atoms with Crippen LogP contribution in [0.2, 0.25) is 0 Å². The van der Waals surface area contributed by atoms with Crippen molar-refractivity contribution in [2.75, 3.05) is 45.2 Å². The van der Waals surface area contributed by atoms with Crippen molar-refractivity contribution < 1.29 is 13.2 Å². The number of carbonyl (C=O) groups is 1. The van der Waals surface area contributed by atoms with E-state index in [1.54, 1.807) is 11.0 Å². The Morgan fingerprint density at radius 3 is 2.07 bits per heavy atom. The summed E-state index contributed by atoms with van der Waals surface area (Å²) in [6.07, 6.45) is 0. The number of nitrogens with zero attached hydrogens (tertiary/aromatic N) is 3. The van der Waals surface area contributed by atoms with Gasteiger partial charge in [-0.05, 0) is 49.7 Å². The van der Waals surface area contributed by atoms with Gasteiger partial charge in [0, 0.05) is 51.5 Å². The van der Waals surface area contributed by atoms with E-state index in [-0.39, 0.29) is 5.91 Å². The number of aryl methyl sites for hydroxylation is 2. The summed E-state index contributed by atoms with van der Waals surface area (Å²) in [5.74, 6) is -0.0612. The van der Waals surface area contributed by atoms with Crippen LogP contribution in [0.15, 0.2) is 47.4 Å². The molecule has 0 unspecified atom stereocenters. The van der Waals surface area contributed by atoms with Gasteiger partial charge in [0.2, 0.25) is 10.0 Å². The van der Waals surface area contributed by atoms with Gasteiger partial charge in [0.05, 0.1) is 4.90 Å². The van der Waals surface area contributed by atoms with Crippen LogP contribution < -0.4 is 4.90 Å². The molecule has 1 aliphatic heterocycles. The molecular formula is C21H27N3O3S. The Labute approximate surface area is 167 Å². The van der Waals surface area contributed by atoms with Crippen LogP contribution in [0.3, 0.4) is 0 Å². The topological polar surface area (TPSA) is 60.9 Å². The Balaban J connectivity index is 1.69. The number of rotatable bonds is 4. The zero-order valence-electron chi connectivity index (χ0n) is 16.8. The Bertz CT molecular complexity index is 961. The molecule has 28 heavy (non-hydrogen) atoms. The first-order valence-electron chi connectivity index (χ1n) is 9.34. The van der Waals surface area contributed by atoms with E-state index in [0.717, 1.165) is 16.8 Å². The van der Waals surface area contributed by atoms with Gasteiger partial charge in [0.25, 0.3) is 5.91 Å². The molecule has 0 bridgehead atoms. The van der Waals surface area contributed by atoms with E-state index in [9.17, 15) is 13.2 Å². The van der Waals surface area contributed by atoms with Crippen LogP contribution in [0.5, 0.6) is 0 Å². The van der Waals surface area contributed by atoms with Crippen LogP contribution >= 0.6 is 0 Å². The molecule has 2 aromatic carbocycles. The molecule has 6 nitrogen and oxygen atoms in total. The molecule has 0 spiro atoms. The van der Waals surface area contributed by atoms with Crippen LogP contribution in [0.4, 0.5) is 5.69 Å². The number of hydrogen-bond acceptors (Lipinski definition) is 4. The second-order valence-electron chi connectivity index (χ2n) is 7.41. The van der Waals surface area contributed by atoms with Gasteiger partial charge in [-0.1, -0.05) is 17.7 Å². The smallest absolute Gasteiger partial charge is 0.253 e. The molecule has 0 aliphatic carbocycles. The molecule has 150 valence electrons. The largest absolute Gasteiger partial charge is 0.378 e. The van der Waals surface area contributed by atoms with Crippen molar-refractivity contribution in [1.29, 1.82) is 0 Å². The zero-order chi connectivity index (χ0) is 20.5. The number of anilines is 1. The monoisotopic (exact) mass is 401 g/mol. The molecule has 1 saturated heterocycles. The van der Waals surface area contributed by atoms with Gasteiger partial charge >= 0.3 is 0 Å². The number of hydrogen-bond donors (Lipinski definition) is 0. The molecule has 0 radical (unpaired) electrons. The molecular weight excluding hydrogens is 374 g/mol. The molecule has 1 amide bonds. The van der Waals surface area contributed by atoms with Crippen molar-refractivity contribution in [2.24, 2.45) is 0 Å². The average molecular weight is 402 g/mol. The van der Waals surface area contributed by atoms with Gasteiger partial charge in [-0.15, -0.1) is 0 Å². The molecule has 0 aromatic heterocycles. The maximum Gasteiger partial charge on any atom is 0.253 e. The molecule has 0 atom stereocenters. The lowest BCUT2D eigenvalue weighted by Gasteiger charge is -2.34. The third kappa shape index (κ3) is 4.05. The first-order chi connectivity index (χ1) is 13.2. The Morgan fingerprint density at radius 2 is 1.54 bits per heavy atom. The fourth-order valence-electron chi connectivity index (χ4n) is 3.44. The SMILES string of the molecule is Cc1ccc(S(=O)(=O)N2CCN(C(=O)c3ccc(N(C)C)cc3)CC2)c(C)c1. The molecule has 7 heteroatoms. The van der Waals surface area contributed by atoms with E-state index in [2.05, 4.69) is 0 Å². The highest BCUT2D eigenvalue weighted by atomic mass is 32.2. The van der Waals surface area contributed by atoms with Crippen molar-refractivity contribution in [3.63, 3.8) is 0 Å². The third-order valence-corrected chi connectivity index (χ3v) is 7.16. The Kier molecular flexibility index (Phi) is 5.76. The summed E-state index contributed by atoms with van der Waals surface area (Å²) in [4.78, 5) is 16.8. The molecule has 0 N–H and O–H groups in total. The average Bonchev–Trinajstić information content (AvgIpc) is 2.67. The lowest BCUT2D eigenvalue weighted by atomic mass is 10.1. The van der Waals surface area contributed by atoms with Crippen molar-refractivity contribution >= 4 is 21.6 Å². The first kappa shape index (κ1) is 20.4. The zero-order valence-corrected chi connectivity index (χ0v) is 17.7. The number of carbonyl (C=O) groups excluding carboxylic acids is 1. The van der Waals surface area contributed by atoms with Gasteiger partial charge in [0.15, 0.2) is 0 Å². The van der Waals surface area contributed by atoms with Gasteiger partial charge in [-0.3, -0.25) is 4.79 Å². The molecule has 3 rings (SSSR count). The second kappa shape index (κ2) is 7.93. The van der Waals surface area contributed by atoms with Crippen molar-refractivity contribution in [3.8, 4) is 0 Å². The van der Waals surface area contributed by atoms with Crippen LogP contribution in [0, 0.1) is 13.8 Å². The Morgan fingerprint density at radius 1 is 0.929 bits per heavy atom. The van der Waals surface area contributed by atoms with Crippen molar-refractivity contribution in [3.05, 3.63) is 59.2 Å². The predicted molar refractivity (Wildman–Crippen MR) is 111 cm³/mol. The lowest BCUT2D eigenvalue weighted by molar-refractivity contribution is 0.0698. The molecule has 2 aromatic rings. The summed E-state index contributed by atoms with van der Waals surface area (Å²) < 4.78 is 27.4. The van der Waals surface area contributed by atoms with Crippen LogP contribution in [-0.2, 0) is 10.0 Å². The van der Waals surface area contributed by atoms with Crippen LogP contribution in [0.25, 0.3) is 0 Å². The van der Waals surface area contributed by atoms with Crippen molar-refractivity contribution in [2.45, 2.75) is 18.7 Å². The number of benzene rings is 2. The minimum absolute atomic E-state index is 0.0612. The van der Waals surface area contributed by atoms with Gasteiger partial charge < -0.3 is 9.80 Å². The van der Waals surface area contributed by atoms with E-state index in [0.29, 0.717) is 36.6 Å². The molecule has 1 heterocycles. The second-order valence-corrected chi connectivity index (χ2v) is 9.31. The minimum atomic E-state index is -3.55. The van der Waals surface area contributed by atoms with Gasteiger partial charge in [0.1, 0.15) is 0 Å². The van der Waals surface area contributed by atoms with E-state index in [4.69, 9.17) is 0 Å². The summed E-state index contributed by atoms with van der Waals surface area (Å²) in [7, 11) is 0.353. The first-order valence-corrected chi connectivity index (χ1v) is 10.8. The van der Waals surface area contributed by atoms with E-state index in [1.165, 1.54) is 4.31 Å². The molecule has 1 fully saturated rings. The molecule has 0 saturated carbocycles. The fourth-order valence-corrected chi connectivity index (χ4v) is 5.07. The van der Waals surface area contributed by atoms with E-state index in [1.807, 2.05) is 69.2 Å². The van der Waals surface area contributed by atoms with Crippen LogP contribution in [-0.4, -0.2) is 63.8 Å². The molecule has 1 aliphatic rings.